The Hall–Kier alpha value is -1.78. The second-order valence-corrected chi connectivity index (χ2v) is 5.05. The number of halogens is 1. The van der Waals surface area contributed by atoms with Gasteiger partial charge >= 0.3 is 5.97 Å². The normalized spacial score (nSPS) is 15.3. The average molecular weight is 281 g/mol. The van der Waals surface area contributed by atoms with Crippen LogP contribution in [0.2, 0.25) is 0 Å². The van der Waals surface area contributed by atoms with Gasteiger partial charge in [-0.15, -0.1) is 0 Å². The first-order chi connectivity index (χ1) is 9.61. The maximum atomic E-state index is 13.8. The SMILES string of the molecule is CCOC(=O)c1cc(OCC2CCCC2)c(F)cc1N. The highest BCUT2D eigenvalue weighted by Gasteiger charge is 2.19. The van der Waals surface area contributed by atoms with E-state index in [2.05, 4.69) is 0 Å². The van der Waals surface area contributed by atoms with Gasteiger partial charge in [0.2, 0.25) is 0 Å². The number of benzene rings is 1. The van der Waals surface area contributed by atoms with E-state index in [1.54, 1.807) is 6.92 Å². The highest BCUT2D eigenvalue weighted by atomic mass is 19.1. The van der Waals surface area contributed by atoms with E-state index in [4.69, 9.17) is 15.2 Å². The molecular formula is C15H20FNO3. The lowest BCUT2D eigenvalue weighted by molar-refractivity contribution is 0.0527. The van der Waals surface area contributed by atoms with Crippen LogP contribution in [0.1, 0.15) is 43.0 Å². The molecule has 2 N–H and O–H groups in total. The molecule has 1 aromatic carbocycles. The molecule has 0 amide bonds. The number of rotatable bonds is 5. The molecule has 1 aliphatic carbocycles. The Kier molecular flexibility index (Phi) is 4.82. The summed E-state index contributed by atoms with van der Waals surface area (Å²) in [6, 6.07) is 2.44. The number of nitrogens with two attached hydrogens (primary N) is 1. The monoisotopic (exact) mass is 281 g/mol. The van der Waals surface area contributed by atoms with Crippen molar-refractivity contribution in [3.63, 3.8) is 0 Å². The molecule has 0 saturated heterocycles. The zero-order valence-corrected chi connectivity index (χ0v) is 11.7. The van der Waals surface area contributed by atoms with Crippen LogP contribution in [0.5, 0.6) is 5.75 Å². The molecule has 0 aromatic heterocycles. The van der Waals surface area contributed by atoms with Crippen molar-refractivity contribution in [1.82, 2.24) is 0 Å². The smallest absolute Gasteiger partial charge is 0.340 e. The van der Waals surface area contributed by atoms with Gasteiger partial charge in [0.25, 0.3) is 0 Å². The molecule has 0 aliphatic heterocycles. The van der Waals surface area contributed by atoms with E-state index in [-0.39, 0.29) is 23.6 Å². The Morgan fingerprint density at radius 2 is 2.10 bits per heavy atom. The lowest BCUT2D eigenvalue weighted by Gasteiger charge is -2.14. The van der Waals surface area contributed by atoms with E-state index in [0.717, 1.165) is 18.9 Å². The molecular weight excluding hydrogens is 261 g/mol. The van der Waals surface area contributed by atoms with Gasteiger partial charge in [-0.25, -0.2) is 9.18 Å². The molecule has 1 saturated carbocycles. The Morgan fingerprint density at radius 1 is 1.40 bits per heavy atom. The van der Waals surface area contributed by atoms with Crippen LogP contribution in [0.3, 0.4) is 0 Å². The summed E-state index contributed by atoms with van der Waals surface area (Å²) in [4.78, 5) is 11.7. The summed E-state index contributed by atoms with van der Waals surface area (Å²) < 4.78 is 24.2. The van der Waals surface area contributed by atoms with E-state index in [9.17, 15) is 9.18 Å². The van der Waals surface area contributed by atoms with E-state index in [0.29, 0.717) is 12.5 Å². The summed E-state index contributed by atoms with van der Waals surface area (Å²) >= 11 is 0. The molecule has 0 spiro atoms. The van der Waals surface area contributed by atoms with Crippen LogP contribution >= 0.6 is 0 Å². The first-order valence-corrected chi connectivity index (χ1v) is 7.00. The van der Waals surface area contributed by atoms with Crippen LogP contribution in [0.25, 0.3) is 0 Å². The number of nitrogen functional groups attached to an aromatic ring is 1. The third-order valence-corrected chi connectivity index (χ3v) is 3.55. The van der Waals surface area contributed by atoms with E-state index in [1.165, 1.54) is 18.9 Å². The first-order valence-electron chi connectivity index (χ1n) is 7.00. The van der Waals surface area contributed by atoms with Gasteiger partial charge < -0.3 is 15.2 Å². The summed E-state index contributed by atoms with van der Waals surface area (Å²) in [5, 5.41) is 0. The molecule has 0 atom stereocenters. The Morgan fingerprint density at radius 3 is 2.75 bits per heavy atom. The first kappa shape index (κ1) is 14.6. The van der Waals surface area contributed by atoms with Crippen molar-refractivity contribution in [3.8, 4) is 5.75 Å². The van der Waals surface area contributed by atoms with Crippen LogP contribution in [-0.4, -0.2) is 19.2 Å². The quantitative estimate of drug-likeness (QED) is 0.665. The zero-order valence-electron chi connectivity index (χ0n) is 11.7. The summed E-state index contributed by atoms with van der Waals surface area (Å²) in [5.74, 6) is -0.573. The third-order valence-electron chi connectivity index (χ3n) is 3.55. The second kappa shape index (κ2) is 6.59. The number of carbonyl (C=O) groups is 1. The van der Waals surface area contributed by atoms with Crippen molar-refractivity contribution in [2.75, 3.05) is 18.9 Å². The summed E-state index contributed by atoms with van der Waals surface area (Å²) in [5.41, 5.74) is 5.86. The van der Waals surface area contributed by atoms with E-state index >= 15 is 0 Å². The fourth-order valence-corrected chi connectivity index (χ4v) is 2.45. The minimum Gasteiger partial charge on any atom is -0.490 e. The van der Waals surface area contributed by atoms with Crippen molar-refractivity contribution in [2.45, 2.75) is 32.6 Å². The summed E-state index contributed by atoms with van der Waals surface area (Å²) in [7, 11) is 0. The second-order valence-electron chi connectivity index (χ2n) is 5.05. The van der Waals surface area contributed by atoms with E-state index in [1.807, 2.05) is 0 Å². The van der Waals surface area contributed by atoms with Crippen LogP contribution in [-0.2, 0) is 4.74 Å². The third kappa shape index (κ3) is 3.40. The van der Waals surface area contributed by atoms with Gasteiger partial charge in [0, 0.05) is 11.8 Å². The number of carbonyl (C=O) groups excluding carboxylic acids is 1. The molecule has 1 fully saturated rings. The molecule has 0 heterocycles. The predicted octanol–water partition coefficient (Wildman–Crippen LogP) is 3.15. The maximum absolute atomic E-state index is 13.8. The lowest BCUT2D eigenvalue weighted by Crippen LogP contribution is -2.12. The number of hydrogen-bond donors (Lipinski definition) is 1. The van der Waals surface area contributed by atoms with Gasteiger partial charge in [-0.3, -0.25) is 0 Å². The van der Waals surface area contributed by atoms with Crippen molar-refractivity contribution in [3.05, 3.63) is 23.5 Å². The minimum absolute atomic E-state index is 0.0640. The number of anilines is 1. The maximum Gasteiger partial charge on any atom is 0.340 e. The van der Waals surface area contributed by atoms with Crippen LogP contribution in [0.15, 0.2) is 12.1 Å². The lowest BCUT2D eigenvalue weighted by atomic mass is 10.1. The molecule has 5 heteroatoms. The van der Waals surface area contributed by atoms with Crippen molar-refractivity contribution in [2.24, 2.45) is 5.92 Å². The molecule has 1 aromatic rings. The fourth-order valence-electron chi connectivity index (χ4n) is 2.45. The minimum atomic E-state index is -0.560. The number of hydrogen-bond acceptors (Lipinski definition) is 4. The van der Waals surface area contributed by atoms with Gasteiger partial charge in [-0.05, 0) is 31.7 Å². The molecule has 20 heavy (non-hydrogen) atoms. The van der Waals surface area contributed by atoms with Gasteiger partial charge in [0.05, 0.1) is 18.8 Å². The standard InChI is InChI=1S/C15H20FNO3/c1-2-19-15(18)11-7-14(12(16)8-13(11)17)20-9-10-5-3-4-6-10/h7-8,10H,2-6,9,17H2,1H3. The highest BCUT2D eigenvalue weighted by molar-refractivity contribution is 5.95. The molecule has 1 aliphatic rings. The summed E-state index contributed by atoms with van der Waals surface area (Å²) in [6.07, 6.45) is 4.63. The van der Waals surface area contributed by atoms with Crippen molar-refractivity contribution in [1.29, 1.82) is 0 Å². The Labute approximate surface area is 118 Å². The van der Waals surface area contributed by atoms with Gasteiger partial charge in [-0.2, -0.15) is 0 Å². The van der Waals surface area contributed by atoms with Crippen LogP contribution < -0.4 is 10.5 Å². The largest absolute Gasteiger partial charge is 0.490 e. The Balaban J connectivity index is 2.10. The van der Waals surface area contributed by atoms with Crippen molar-refractivity contribution >= 4 is 11.7 Å². The van der Waals surface area contributed by atoms with Crippen LogP contribution in [0, 0.1) is 11.7 Å². The average Bonchev–Trinajstić information content (AvgIpc) is 2.91. The van der Waals surface area contributed by atoms with Crippen molar-refractivity contribution < 1.29 is 18.7 Å². The predicted molar refractivity (Wildman–Crippen MR) is 74.2 cm³/mol. The van der Waals surface area contributed by atoms with Gasteiger partial charge in [0.1, 0.15) is 0 Å². The van der Waals surface area contributed by atoms with Crippen LogP contribution in [0.4, 0.5) is 10.1 Å². The number of esters is 1. The Bertz CT molecular complexity index is 484. The molecule has 2 rings (SSSR count). The fraction of sp³-hybridized carbons (Fsp3) is 0.533. The molecule has 0 bridgehead atoms. The highest BCUT2D eigenvalue weighted by Crippen LogP contribution is 2.28. The molecule has 0 unspecified atom stereocenters. The topological polar surface area (TPSA) is 61.5 Å². The molecule has 0 radical (unpaired) electrons. The summed E-state index contributed by atoms with van der Waals surface area (Å²) in [6.45, 7) is 2.42. The van der Waals surface area contributed by atoms with Gasteiger partial charge in [0.15, 0.2) is 11.6 Å². The molecule has 110 valence electrons. The number of ether oxygens (including phenoxy) is 2. The molecule has 4 nitrogen and oxygen atoms in total. The van der Waals surface area contributed by atoms with Gasteiger partial charge in [-0.1, -0.05) is 12.8 Å². The van der Waals surface area contributed by atoms with E-state index < -0.39 is 11.8 Å². The zero-order chi connectivity index (χ0) is 14.5.